The van der Waals surface area contributed by atoms with Crippen molar-refractivity contribution in [3.8, 4) is 28.5 Å². The summed E-state index contributed by atoms with van der Waals surface area (Å²) in [4.78, 5) is 33.5. The number of anilines is 2. The van der Waals surface area contributed by atoms with E-state index < -0.39 is 0 Å². The molecule has 6 rings (SSSR count). The maximum absolute atomic E-state index is 13.7. The number of nitrogens with zero attached hydrogens (tertiary/aromatic N) is 8. The normalized spacial score (nSPS) is 15.9. The monoisotopic (exact) mass is 614 g/mol. The molecule has 0 bridgehead atoms. The Morgan fingerprint density at radius 3 is 2.39 bits per heavy atom. The lowest BCUT2D eigenvalue weighted by Crippen LogP contribution is -2.49. The number of amides is 2. The summed E-state index contributed by atoms with van der Waals surface area (Å²) < 4.78 is 1.75. The molecule has 2 amide bonds. The van der Waals surface area contributed by atoms with Crippen LogP contribution in [0, 0.1) is 11.3 Å². The molecule has 3 N–H and O–H groups in total. The van der Waals surface area contributed by atoms with Gasteiger partial charge in [0.05, 0.1) is 36.0 Å². The van der Waals surface area contributed by atoms with E-state index in [1.807, 2.05) is 55.7 Å². The maximum Gasteiger partial charge on any atom is 0.323 e. The van der Waals surface area contributed by atoms with Gasteiger partial charge in [-0.1, -0.05) is 30.3 Å². The van der Waals surface area contributed by atoms with Crippen LogP contribution in [-0.2, 0) is 20.2 Å². The molecule has 5 aromatic rings. The third-order valence-electron chi connectivity index (χ3n) is 8.10. The molecule has 1 aliphatic carbocycles. The lowest BCUT2D eigenvalue weighted by Gasteiger charge is -2.36. The molecule has 12 nitrogen and oxygen atoms in total. The third kappa shape index (κ3) is 7.00. The zero-order valence-corrected chi connectivity index (χ0v) is 25.4. The Morgan fingerprint density at radius 1 is 0.957 bits per heavy atom. The number of hydrogen-bond donors (Lipinski definition) is 3. The van der Waals surface area contributed by atoms with Crippen LogP contribution in [0.4, 0.5) is 16.6 Å². The number of benzene rings is 1. The van der Waals surface area contributed by atoms with Crippen LogP contribution in [0.1, 0.15) is 42.5 Å². The van der Waals surface area contributed by atoms with E-state index in [2.05, 4.69) is 36.8 Å². The summed E-state index contributed by atoms with van der Waals surface area (Å²) in [7, 11) is 1.87. The summed E-state index contributed by atoms with van der Waals surface area (Å²) in [5.74, 6) is 1.02. The Labute approximate surface area is 266 Å². The number of carbonyl (C=O) groups is 1. The first kappa shape index (κ1) is 30.4. The average molecular weight is 615 g/mol. The van der Waals surface area contributed by atoms with Crippen molar-refractivity contribution in [2.24, 2.45) is 7.05 Å². The first-order valence-electron chi connectivity index (χ1n) is 15.2. The van der Waals surface area contributed by atoms with Gasteiger partial charge < -0.3 is 15.7 Å². The van der Waals surface area contributed by atoms with Gasteiger partial charge in [0.15, 0.2) is 0 Å². The highest BCUT2D eigenvalue weighted by molar-refractivity contribution is 5.91. The zero-order valence-electron chi connectivity index (χ0n) is 25.4. The van der Waals surface area contributed by atoms with Gasteiger partial charge in [-0.05, 0) is 55.5 Å². The Kier molecular flexibility index (Phi) is 9.22. The average Bonchev–Trinajstić information content (AvgIpc) is 3.55. The SMILES string of the molecule is Cn1cc(-c2ccc(N(C(=O)NCc3ccccc3)C3CCC(Nc4ncc(C#N)c(-c5ccc(CO)nc5)n4)CC3)nc2)cn1. The minimum atomic E-state index is -0.192. The molecule has 4 heterocycles. The summed E-state index contributed by atoms with van der Waals surface area (Å²) in [6.07, 6.45) is 11.7. The number of aryl methyl sites for hydroxylation is 1. The van der Waals surface area contributed by atoms with Crippen LogP contribution in [-0.4, -0.2) is 52.9 Å². The highest BCUT2D eigenvalue weighted by Gasteiger charge is 2.31. The molecule has 0 atom stereocenters. The lowest BCUT2D eigenvalue weighted by molar-refractivity contribution is 0.240. The Hall–Kier alpha value is -5.67. The smallest absolute Gasteiger partial charge is 0.323 e. The van der Waals surface area contributed by atoms with Gasteiger partial charge in [0.1, 0.15) is 11.9 Å². The van der Waals surface area contributed by atoms with E-state index in [9.17, 15) is 15.2 Å². The minimum absolute atomic E-state index is 0.0564. The number of pyridine rings is 2. The predicted molar refractivity (Wildman–Crippen MR) is 173 cm³/mol. The molecule has 232 valence electrons. The Bertz CT molecular complexity index is 1810. The highest BCUT2D eigenvalue weighted by atomic mass is 16.3. The van der Waals surface area contributed by atoms with E-state index in [1.165, 1.54) is 6.20 Å². The van der Waals surface area contributed by atoms with Gasteiger partial charge in [-0.3, -0.25) is 14.6 Å². The third-order valence-corrected chi connectivity index (χ3v) is 8.10. The molecule has 0 spiro atoms. The number of nitrogens with one attached hydrogen (secondary N) is 2. The lowest BCUT2D eigenvalue weighted by atomic mass is 9.90. The van der Waals surface area contributed by atoms with Crippen LogP contribution in [0.15, 0.2) is 85.6 Å². The number of urea groups is 1. The van der Waals surface area contributed by atoms with E-state index in [1.54, 1.807) is 40.3 Å². The quantitative estimate of drug-likeness (QED) is 0.211. The second-order valence-corrected chi connectivity index (χ2v) is 11.2. The first-order valence-corrected chi connectivity index (χ1v) is 15.2. The van der Waals surface area contributed by atoms with Gasteiger partial charge >= 0.3 is 6.03 Å². The molecular weight excluding hydrogens is 580 g/mol. The fourth-order valence-corrected chi connectivity index (χ4v) is 5.66. The Balaban J connectivity index is 1.16. The summed E-state index contributed by atoms with van der Waals surface area (Å²) in [5, 5.41) is 29.7. The first-order chi connectivity index (χ1) is 22.5. The number of carbonyl (C=O) groups excluding carboxylic acids is 1. The van der Waals surface area contributed by atoms with Gasteiger partial charge in [0.2, 0.25) is 5.95 Å². The molecule has 12 heteroatoms. The van der Waals surface area contributed by atoms with Crippen molar-refractivity contribution in [1.29, 1.82) is 5.26 Å². The number of aromatic nitrogens is 6. The minimum Gasteiger partial charge on any atom is -0.390 e. The standard InChI is InChI=1S/C34H34N10O2/c1-43-21-27(20-40-43)24-8-14-31(37-17-24)44(34(46)39-16-23-5-3-2-4-6-23)30-12-10-28(11-13-30)41-33-38-19-26(15-35)32(42-33)25-7-9-29(22-45)36-18-25/h2-9,14,17-21,28,30,45H,10-13,16,22H2,1H3,(H,39,46)(H,38,41,42). The number of nitriles is 1. The molecule has 0 radical (unpaired) electrons. The van der Waals surface area contributed by atoms with Crippen LogP contribution < -0.4 is 15.5 Å². The van der Waals surface area contributed by atoms with Crippen molar-refractivity contribution in [3.63, 3.8) is 0 Å². The summed E-state index contributed by atoms with van der Waals surface area (Å²) in [6, 6.07) is 19.2. The van der Waals surface area contributed by atoms with Crippen LogP contribution in [0.3, 0.4) is 0 Å². The van der Waals surface area contributed by atoms with Crippen LogP contribution in [0.5, 0.6) is 0 Å². The molecule has 1 aliphatic rings. The van der Waals surface area contributed by atoms with E-state index in [0.29, 0.717) is 40.8 Å². The predicted octanol–water partition coefficient (Wildman–Crippen LogP) is 4.84. The van der Waals surface area contributed by atoms with Gasteiger partial charge in [-0.15, -0.1) is 0 Å². The van der Waals surface area contributed by atoms with Crippen molar-refractivity contribution in [3.05, 3.63) is 102 Å². The molecule has 46 heavy (non-hydrogen) atoms. The summed E-state index contributed by atoms with van der Waals surface area (Å²) in [5.41, 5.74) is 4.93. The van der Waals surface area contributed by atoms with Crippen molar-refractivity contribution in [2.45, 2.75) is 50.9 Å². The van der Waals surface area contributed by atoms with Crippen molar-refractivity contribution in [1.82, 2.24) is 35.0 Å². The van der Waals surface area contributed by atoms with E-state index in [-0.39, 0.29) is 24.7 Å². The Morgan fingerprint density at radius 2 is 1.74 bits per heavy atom. The highest BCUT2D eigenvalue weighted by Crippen LogP contribution is 2.30. The second kappa shape index (κ2) is 14.0. The van der Waals surface area contributed by atoms with Crippen LogP contribution in [0.25, 0.3) is 22.4 Å². The van der Waals surface area contributed by atoms with Crippen LogP contribution >= 0.6 is 0 Å². The zero-order chi connectivity index (χ0) is 31.9. The fourth-order valence-electron chi connectivity index (χ4n) is 5.66. The maximum atomic E-state index is 13.7. The van der Waals surface area contributed by atoms with Gasteiger partial charge in [-0.2, -0.15) is 10.4 Å². The molecule has 4 aromatic heterocycles. The molecule has 0 saturated heterocycles. The fraction of sp³-hybridized carbons (Fsp3) is 0.265. The van der Waals surface area contributed by atoms with Crippen LogP contribution in [0.2, 0.25) is 0 Å². The number of hydrogen-bond acceptors (Lipinski definition) is 9. The number of aliphatic hydroxyl groups is 1. The molecule has 1 aromatic carbocycles. The largest absolute Gasteiger partial charge is 0.390 e. The van der Waals surface area contributed by atoms with Gasteiger partial charge in [0, 0.05) is 61.0 Å². The summed E-state index contributed by atoms with van der Waals surface area (Å²) >= 11 is 0. The topological polar surface area (TPSA) is 158 Å². The van der Waals surface area contributed by atoms with Gasteiger partial charge in [-0.25, -0.2) is 19.7 Å². The summed E-state index contributed by atoms with van der Waals surface area (Å²) in [6.45, 7) is 0.251. The molecule has 0 aliphatic heterocycles. The molecule has 1 fully saturated rings. The van der Waals surface area contributed by atoms with Gasteiger partial charge in [0.25, 0.3) is 0 Å². The second-order valence-electron chi connectivity index (χ2n) is 11.2. The molecular formula is C34H34N10O2. The molecule has 1 saturated carbocycles. The van der Waals surface area contributed by atoms with E-state index >= 15 is 0 Å². The van der Waals surface area contributed by atoms with Crippen molar-refractivity contribution < 1.29 is 9.90 Å². The molecule has 0 unspecified atom stereocenters. The van der Waals surface area contributed by atoms with E-state index in [0.717, 1.165) is 42.4 Å². The van der Waals surface area contributed by atoms with E-state index in [4.69, 9.17) is 4.98 Å². The van der Waals surface area contributed by atoms with Crippen molar-refractivity contribution in [2.75, 3.05) is 10.2 Å². The number of rotatable bonds is 9. The number of aliphatic hydroxyl groups excluding tert-OH is 1. The van der Waals surface area contributed by atoms with Crippen molar-refractivity contribution >= 4 is 17.8 Å².